The molecule has 0 radical (unpaired) electrons. The van der Waals surface area contributed by atoms with Crippen molar-refractivity contribution in [3.05, 3.63) is 60.8 Å². The molecule has 0 fully saturated rings. The minimum absolute atomic E-state index is 0.102. The van der Waals surface area contributed by atoms with Crippen molar-refractivity contribution in [1.29, 1.82) is 0 Å². The first-order valence-electron chi connectivity index (χ1n) is 26.3. The van der Waals surface area contributed by atoms with Crippen LogP contribution in [0.25, 0.3) is 0 Å². The lowest BCUT2D eigenvalue weighted by atomic mass is 10.0. The summed E-state index contributed by atoms with van der Waals surface area (Å²) < 4.78 is 16.6. The largest absolute Gasteiger partial charge is 0.462 e. The normalized spacial score (nSPS) is 12.5. The second-order valence-electron chi connectivity index (χ2n) is 17.4. The van der Waals surface area contributed by atoms with Gasteiger partial charge in [0.15, 0.2) is 6.10 Å². The van der Waals surface area contributed by atoms with Crippen molar-refractivity contribution in [2.75, 3.05) is 13.2 Å². The van der Waals surface area contributed by atoms with Gasteiger partial charge in [0, 0.05) is 19.3 Å². The summed E-state index contributed by atoms with van der Waals surface area (Å²) in [5, 5.41) is 0. The quantitative estimate of drug-likeness (QED) is 0.0262. The van der Waals surface area contributed by atoms with Crippen LogP contribution >= 0.6 is 0 Å². The number of allylic oxidation sites excluding steroid dienone is 10. The van der Waals surface area contributed by atoms with Crippen molar-refractivity contribution in [2.24, 2.45) is 0 Å². The maximum Gasteiger partial charge on any atom is 0.306 e. The molecule has 0 aromatic rings. The predicted octanol–water partition coefficient (Wildman–Crippen LogP) is 17.3. The Morgan fingerprint density at radius 3 is 1.05 bits per heavy atom. The van der Waals surface area contributed by atoms with Crippen molar-refractivity contribution in [1.82, 2.24) is 0 Å². The van der Waals surface area contributed by atoms with E-state index in [2.05, 4.69) is 69.4 Å². The zero-order chi connectivity index (χ0) is 45.1. The number of hydrogen-bond acceptors (Lipinski definition) is 6. The third-order valence-corrected chi connectivity index (χ3v) is 11.3. The molecule has 0 aliphatic rings. The number of unbranched alkanes of at least 4 members (excludes halogenated alkanes) is 26. The summed E-state index contributed by atoms with van der Waals surface area (Å²) in [6.07, 6.45) is 62.7. The van der Waals surface area contributed by atoms with Crippen molar-refractivity contribution in [3.8, 4) is 0 Å². The molecule has 1 atom stereocenters. The van der Waals surface area contributed by atoms with E-state index in [0.29, 0.717) is 19.3 Å². The lowest BCUT2D eigenvalue weighted by Crippen LogP contribution is -2.30. The maximum atomic E-state index is 12.7. The molecule has 0 aliphatic heterocycles. The van der Waals surface area contributed by atoms with Crippen molar-refractivity contribution in [2.45, 2.75) is 264 Å². The second kappa shape index (κ2) is 50.8. The molecule has 0 N–H and O–H groups in total. The van der Waals surface area contributed by atoms with Gasteiger partial charge in [-0.05, 0) is 70.6 Å². The maximum absolute atomic E-state index is 12.7. The Balaban J connectivity index is 4.13. The molecule has 0 aliphatic carbocycles. The Bertz CT molecular complexity index is 1130. The van der Waals surface area contributed by atoms with Crippen molar-refractivity contribution in [3.63, 3.8) is 0 Å². The van der Waals surface area contributed by atoms with E-state index in [1.807, 2.05) is 12.2 Å². The van der Waals surface area contributed by atoms with E-state index >= 15 is 0 Å². The van der Waals surface area contributed by atoms with Crippen LogP contribution in [-0.4, -0.2) is 37.2 Å². The van der Waals surface area contributed by atoms with Gasteiger partial charge < -0.3 is 14.2 Å². The number of rotatable bonds is 47. The summed E-state index contributed by atoms with van der Waals surface area (Å²) in [5.41, 5.74) is 0. The molecule has 358 valence electrons. The predicted molar refractivity (Wildman–Crippen MR) is 265 cm³/mol. The molecular formula is C56H98O6. The first kappa shape index (κ1) is 59.1. The van der Waals surface area contributed by atoms with E-state index in [1.165, 1.54) is 148 Å². The highest BCUT2D eigenvalue weighted by Crippen LogP contribution is 2.15. The average molecular weight is 867 g/mol. The van der Waals surface area contributed by atoms with E-state index in [9.17, 15) is 14.4 Å². The molecule has 6 heteroatoms. The van der Waals surface area contributed by atoms with Gasteiger partial charge in [-0.2, -0.15) is 0 Å². The van der Waals surface area contributed by atoms with E-state index in [-0.39, 0.29) is 31.6 Å². The van der Waals surface area contributed by atoms with Gasteiger partial charge in [0.2, 0.25) is 0 Å². The molecule has 0 amide bonds. The summed E-state index contributed by atoms with van der Waals surface area (Å²) in [7, 11) is 0. The minimum atomic E-state index is -0.807. The van der Waals surface area contributed by atoms with Crippen LogP contribution in [0.4, 0.5) is 0 Å². The molecule has 0 aromatic heterocycles. The fourth-order valence-corrected chi connectivity index (χ4v) is 7.33. The fraction of sp³-hybridized carbons (Fsp3) is 0.768. The summed E-state index contributed by atoms with van der Waals surface area (Å²) >= 11 is 0. The van der Waals surface area contributed by atoms with Gasteiger partial charge in [0.25, 0.3) is 0 Å². The SMILES string of the molecule is CC/C=C\C/C=C\C/C=C\C/C=C\CCC(=O)OC(COC(=O)CCCCCCCC)COC(=O)CCCCCCCCCCCCCCC/C=C\CCCCCCCCCC. The van der Waals surface area contributed by atoms with E-state index in [0.717, 1.165) is 64.2 Å². The molecule has 0 rings (SSSR count). The molecule has 62 heavy (non-hydrogen) atoms. The van der Waals surface area contributed by atoms with Crippen LogP contribution in [0.5, 0.6) is 0 Å². The molecule has 0 saturated heterocycles. The minimum Gasteiger partial charge on any atom is -0.462 e. The Kier molecular flexibility index (Phi) is 48.4. The topological polar surface area (TPSA) is 78.9 Å². The number of carbonyl (C=O) groups excluding carboxylic acids is 3. The first-order chi connectivity index (χ1) is 30.5. The van der Waals surface area contributed by atoms with Crippen LogP contribution in [0.3, 0.4) is 0 Å². The molecule has 0 spiro atoms. The highest BCUT2D eigenvalue weighted by Gasteiger charge is 2.19. The molecule has 0 bridgehead atoms. The number of ether oxygens (including phenoxy) is 3. The van der Waals surface area contributed by atoms with Gasteiger partial charge >= 0.3 is 17.9 Å². The lowest BCUT2D eigenvalue weighted by molar-refractivity contribution is -0.166. The number of hydrogen-bond donors (Lipinski definition) is 0. The van der Waals surface area contributed by atoms with E-state index < -0.39 is 12.1 Å². The average Bonchev–Trinajstić information content (AvgIpc) is 3.27. The van der Waals surface area contributed by atoms with Crippen molar-refractivity contribution < 1.29 is 28.6 Å². The molecule has 0 aromatic carbocycles. The van der Waals surface area contributed by atoms with Gasteiger partial charge in [0.05, 0.1) is 0 Å². The molecule has 1 unspecified atom stereocenters. The van der Waals surface area contributed by atoms with Crippen LogP contribution < -0.4 is 0 Å². The van der Waals surface area contributed by atoms with Gasteiger partial charge in [-0.3, -0.25) is 14.4 Å². The third kappa shape index (κ3) is 48.1. The van der Waals surface area contributed by atoms with Crippen LogP contribution in [0.1, 0.15) is 258 Å². The standard InChI is InChI=1S/C56H98O6/c1-4-7-10-13-16-18-20-22-23-24-25-26-27-28-29-30-31-32-33-35-36-38-40-43-46-49-55(58)61-52-53(51-60-54(57)48-45-42-15-12-9-6-3)62-56(59)50-47-44-41-39-37-34-21-19-17-14-11-8-5-2/h8,11,17,19,24-25,34,37,41,44,53H,4-7,9-10,12-16,18,20-23,26-33,35-36,38-40,42-43,45-52H2,1-3H3/b11-8-,19-17-,25-24-,37-34-,44-41-. The van der Waals surface area contributed by atoms with Gasteiger partial charge in [0.1, 0.15) is 13.2 Å². The van der Waals surface area contributed by atoms with Crippen LogP contribution in [0.15, 0.2) is 60.8 Å². The number of carbonyl (C=O) groups is 3. The molecule has 0 heterocycles. The Morgan fingerprint density at radius 2 is 0.661 bits per heavy atom. The zero-order valence-corrected chi connectivity index (χ0v) is 40.9. The monoisotopic (exact) mass is 867 g/mol. The zero-order valence-electron chi connectivity index (χ0n) is 40.9. The van der Waals surface area contributed by atoms with Gasteiger partial charge in [-0.1, -0.05) is 229 Å². The molecular weight excluding hydrogens is 769 g/mol. The van der Waals surface area contributed by atoms with Gasteiger partial charge in [-0.15, -0.1) is 0 Å². The van der Waals surface area contributed by atoms with Gasteiger partial charge in [-0.25, -0.2) is 0 Å². The smallest absolute Gasteiger partial charge is 0.306 e. The number of esters is 3. The fourth-order valence-electron chi connectivity index (χ4n) is 7.33. The van der Waals surface area contributed by atoms with Crippen LogP contribution in [-0.2, 0) is 28.6 Å². The first-order valence-corrected chi connectivity index (χ1v) is 26.3. The van der Waals surface area contributed by atoms with Crippen LogP contribution in [0.2, 0.25) is 0 Å². The lowest BCUT2D eigenvalue weighted by Gasteiger charge is -2.18. The summed E-state index contributed by atoms with van der Waals surface area (Å²) in [4.78, 5) is 37.6. The van der Waals surface area contributed by atoms with E-state index in [1.54, 1.807) is 0 Å². The Morgan fingerprint density at radius 1 is 0.339 bits per heavy atom. The van der Waals surface area contributed by atoms with E-state index in [4.69, 9.17) is 14.2 Å². The van der Waals surface area contributed by atoms with Crippen LogP contribution in [0, 0.1) is 0 Å². The Labute approximate surface area is 383 Å². The third-order valence-electron chi connectivity index (χ3n) is 11.3. The summed E-state index contributed by atoms with van der Waals surface area (Å²) in [5.74, 6) is -0.991. The van der Waals surface area contributed by atoms with Crippen molar-refractivity contribution >= 4 is 17.9 Å². The molecule has 6 nitrogen and oxygen atoms in total. The summed E-state index contributed by atoms with van der Waals surface area (Å²) in [6.45, 7) is 6.40. The molecule has 0 saturated carbocycles. The Hall–Kier alpha value is -2.89. The highest BCUT2D eigenvalue weighted by atomic mass is 16.6. The summed E-state index contributed by atoms with van der Waals surface area (Å²) in [6, 6.07) is 0. The highest BCUT2D eigenvalue weighted by molar-refractivity contribution is 5.71. The second-order valence-corrected chi connectivity index (χ2v) is 17.4.